The number of aliphatic hydroxyl groups excluding tert-OH is 1. The van der Waals surface area contributed by atoms with Crippen molar-refractivity contribution in [3.63, 3.8) is 0 Å². The van der Waals surface area contributed by atoms with Gasteiger partial charge < -0.3 is 19.1 Å². The largest absolute Gasteiger partial charge is 0.481 e. The molecular formula is C30H51BrO5Si2. The van der Waals surface area contributed by atoms with Gasteiger partial charge in [0.1, 0.15) is 0 Å². The van der Waals surface area contributed by atoms with E-state index < -0.39 is 28.7 Å². The maximum Gasteiger partial charge on any atom is 0.303 e. The Hall–Kier alpha value is -0.776. The summed E-state index contributed by atoms with van der Waals surface area (Å²) in [6, 6.07) is 8.40. The molecule has 216 valence electrons. The SMILES string of the molecule is CC(C)(C)[Si](C)(C)O[C@H](/C=C/[C@@H]1[C@@H](CC(=O)O)[C@@H](O)C[C@H]1O[Si](C)(C)C(C)(C)C)CCc1ccc(Br)cc1. The highest BCUT2D eigenvalue weighted by molar-refractivity contribution is 9.10. The summed E-state index contributed by atoms with van der Waals surface area (Å²) < 4.78 is 14.7. The lowest BCUT2D eigenvalue weighted by Gasteiger charge is -2.40. The summed E-state index contributed by atoms with van der Waals surface area (Å²) in [5.41, 5.74) is 1.25. The zero-order valence-corrected chi connectivity index (χ0v) is 28.8. The van der Waals surface area contributed by atoms with Gasteiger partial charge in [-0.1, -0.05) is 81.8 Å². The van der Waals surface area contributed by atoms with E-state index >= 15 is 0 Å². The molecule has 8 heteroatoms. The second kappa shape index (κ2) is 12.8. The van der Waals surface area contributed by atoms with Crippen LogP contribution in [0.5, 0.6) is 0 Å². The summed E-state index contributed by atoms with van der Waals surface area (Å²) in [4.78, 5) is 11.7. The number of carboxylic acids is 1. The molecule has 0 amide bonds. The Balaban J connectivity index is 2.37. The lowest BCUT2D eigenvalue weighted by molar-refractivity contribution is -0.139. The fourth-order valence-electron chi connectivity index (χ4n) is 4.49. The second-order valence-corrected chi connectivity index (χ2v) is 24.5. The third-order valence-electron chi connectivity index (χ3n) is 8.99. The number of hydrogen-bond donors (Lipinski definition) is 2. The van der Waals surface area contributed by atoms with Crippen molar-refractivity contribution in [1.29, 1.82) is 0 Å². The molecule has 38 heavy (non-hydrogen) atoms. The minimum atomic E-state index is -2.11. The van der Waals surface area contributed by atoms with Crippen LogP contribution < -0.4 is 0 Å². The van der Waals surface area contributed by atoms with Crippen molar-refractivity contribution in [2.75, 3.05) is 0 Å². The van der Waals surface area contributed by atoms with Crippen LogP contribution in [-0.2, 0) is 20.1 Å². The van der Waals surface area contributed by atoms with Crippen LogP contribution >= 0.6 is 15.9 Å². The molecule has 0 bridgehead atoms. The van der Waals surface area contributed by atoms with Crippen molar-refractivity contribution >= 4 is 38.5 Å². The molecule has 0 saturated heterocycles. The average Bonchev–Trinajstić information content (AvgIpc) is 3.02. The van der Waals surface area contributed by atoms with Crippen molar-refractivity contribution in [3.8, 4) is 0 Å². The monoisotopic (exact) mass is 626 g/mol. The standard InChI is InChI=1S/C30H51BrO5Si2/c1-29(2,3)37(7,8)35-23(16-13-21-11-14-22(31)15-12-21)17-18-24-25(19-28(33)34)26(32)20-27(24)36-38(9,10)30(4,5)6/h11-12,14-15,17-18,23-27,32H,13,16,19-20H2,1-10H3,(H,33,34)/b18-17+/t23-,24+,25+,26-,27+/m0/s1. The Bertz CT molecular complexity index is 947. The van der Waals surface area contributed by atoms with Crippen molar-refractivity contribution < 1.29 is 23.9 Å². The van der Waals surface area contributed by atoms with Crippen LogP contribution in [0.1, 0.15) is 66.4 Å². The first-order chi connectivity index (χ1) is 17.2. The highest BCUT2D eigenvalue weighted by atomic mass is 79.9. The number of rotatable bonds is 11. The maximum atomic E-state index is 11.7. The molecule has 0 spiro atoms. The molecule has 0 unspecified atom stereocenters. The number of carboxylic acid groups (broad SMARTS) is 1. The van der Waals surface area contributed by atoms with Gasteiger partial charge in [0.25, 0.3) is 0 Å². The van der Waals surface area contributed by atoms with Crippen molar-refractivity contribution in [2.45, 2.75) is 122 Å². The van der Waals surface area contributed by atoms with Crippen molar-refractivity contribution in [2.24, 2.45) is 11.8 Å². The van der Waals surface area contributed by atoms with E-state index in [1.807, 2.05) is 0 Å². The Morgan fingerprint density at radius 3 is 2.11 bits per heavy atom. The van der Waals surface area contributed by atoms with Gasteiger partial charge in [-0.15, -0.1) is 0 Å². The van der Waals surface area contributed by atoms with Gasteiger partial charge in [0.05, 0.1) is 24.7 Å². The quantitative estimate of drug-likeness (QED) is 0.191. The minimum Gasteiger partial charge on any atom is -0.481 e. The van der Waals surface area contributed by atoms with Crippen LogP contribution in [0.3, 0.4) is 0 Å². The highest BCUT2D eigenvalue weighted by Crippen LogP contribution is 2.44. The summed E-state index contributed by atoms with van der Waals surface area (Å²) in [7, 11) is -4.17. The second-order valence-electron chi connectivity index (χ2n) is 14.0. The summed E-state index contributed by atoms with van der Waals surface area (Å²) in [5, 5.41) is 20.6. The van der Waals surface area contributed by atoms with E-state index in [1.54, 1.807) is 0 Å². The summed E-state index contributed by atoms with van der Waals surface area (Å²) in [5.74, 6) is -1.43. The van der Waals surface area contributed by atoms with Crippen LogP contribution in [-0.4, -0.2) is 51.1 Å². The molecule has 5 nitrogen and oxygen atoms in total. The van der Waals surface area contributed by atoms with E-state index in [2.05, 4.69) is 120 Å². The minimum absolute atomic E-state index is 0.0236. The van der Waals surface area contributed by atoms with Crippen molar-refractivity contribution in [1.82, 2.24) is 0 Å². The lowest BCUT2D eigenvalue weighted by atomic mass is 9.90. The number of halogens is 1. The Morgan fingerprint density at radius 2 is 1.61 bits per heavy atom. The maximum absolute atomic E-state index is 11.7. The molecule has 1 aliphatic rings. The molecule has 0 aliphatic heterocycles. The van der Waals surface area contributed by atoms with Gasteiger partial charge in [0.15, 0.2) is 16.6 Å². The third-order valence-corrected chi connectivity index (χ3v) is 18.5. The average molecular weight is 628 g/mol. The lowest BCUT2D eigenvalue weighted by Crippen LogP contribution is -2.45. The van der Waals surface area contributed by atoms with Crippen molar-refractivity contribution in [3.05, 3.63) is 46.5 Å². The van der Waals surface area contributed by atoms with E-state index in [0.29, 0.717) is 6.42 Å². The third kappa shape index (κ3) is 9.13. The van der Waals surface area contributed by atoms with E-state index in [9.17, 15) is 15.0 Å². The molecule has 2 rings (SSSR count). The normalized spacial score (nSPS) is 24.2. The number of carbonyl (C=O) groups is 1. The van der Waals surface area contributed by atoms with E-state index in [1.165, 1.54) is 5.56 Å². The summed E-state index contributed by atoms with van der Waals surface area (Å²) >= 11 is 3.51. The Morgan fingerprint density at radius 1 is 1.05 bits per heavy atom. The van der Waals surface area contributed by atoms with E-state index in [-0.39, 0.29) is 40.5 Å². The molecule has 1 aliphatic carbocycles. The van der Waals surface area contributed by atoms with Gasteiger partial charge in [-0.2, -0.15) is 0 Å². The number of benzene rings is 1. The molecule has 5 atom stereocenters. The van der Waals surface area contributed by atoms with Gasteiger partial charge in [0.2, 0.25) is 0 Å². The number of aliphatic carboxylic acids is 1. The molecular weight excluding hydrogens is 576 g/mol. The predicted molar refractivity (Wildman–Crippen MR) is 166 cm³/mol. The number of aryl methyl sites for hydroxylation is 1. The van der Waals surface area contributed by atoms with Gasteiger partial charge >= 0.3 is 5.97 Å². The molecule has 1 saturated carbocycles. The molecule has 1 fully saturated rings. The summed E-state index contributed by atoms with van der Waals surface area (Å²) in [6.07, 6.45) is 5.36. The molecule has 0 heterocycles. The number of hydrogen-bond acceptors (Lipinski definition) is 4. The van der Waals surface area contributed by atoms with Gasteiger partial charge in [0, 0.05) is 16.3 Å². The van der Waals surface area contributed by atoms with E-state index in [4.69, 9.17) is 8.85 Å². The Labute approximate surface area is 241 Å². The molecule has 2 N–H and O–H groups in total. The molecule has 0 radical (unpaired) electrons. The van der Waals surface area contributed by atoms with Crippen LogP contribution in [0.25, 0.3) is 0 Å². The number of aliphatic hydroxyl groups is 1. The van der Waals surface area contributed by atoms with Crippen LogP contribution in [0, 0.1) is 11.8 Å². The zero-order valence-electron chi connectivity index (χ0n) is 25.2. The first kappa shape index (κ1) is 33.4. The first-order valence-electron chi connectivity index (χ1n) is 13.9. The zero-order chi connectivity index (χ0) is 29.1. The van der Waals surface area contributed by atoms with Gasteiger partial charge in [-0.3, -0.25) is 4.79 Å². The smallest absolute Gasteiger partial charge is 0.303 e. The Kier molecular flexibility index (Phi) is 11.3. The first-order valence-corrected chi connectivity index (χ1v) is 20.5. The molecule has 0 aromatic heterocycles. The van der Waals surface area contributed by atoms with Gasteiger partial charge in [-0.05, 0) is 73.2 Å². The molecule has 1 aromatic carbocycles. The fourth-order valence-corrected chi connectivity index (χ4v) is 7.42. The van der Waals surface area contributed by atoms with Crippen LogP contribution in [0.4, 0.5) is 0 Å². The highest BCUT2D eigenvalue weighted by Gasteiger charge is 2.48. The summed E-state index contributed by atoms with van der Waals surface area (Å²) in [6.45, 7) is 22.3. The van der Waals surface area contributed by atoms with Crippen LogP contribution in [0.2, 0.25) is 36.3 Å². The molecule has 1 aromatic rings. The van der Waals surface area contributed by atoms with E-state index in [0.717, 1.165) is 17.3 Å². The van der Waals surface area contributed by atoms with Gasteiger partial charge in [-0.25, -0.2) is 0 Å². The fraction of sp³-hybridized carbons (Fsp3) is 0.700. The van der Waals surface area contributed by atoms with Crippen LogP contribution in [0.15, 0.2) is 40.9 Å². The topological polar surface area (TPSA) is 76.0 Å². The predicted octanol–water partition coefficient (Wildman–Crippen LogP) is 8.19.